The standard InChI is InChI=1S/C23H26N8O7S3/c1-30-6-3-12(24)27-21(30)41-10-22(18(34)35)8-31-16(33)14(17(31)40-9-22)28-15(32)13(11-7-39-20(25)26-11)29-38-23(19(36)37)4-2-5-23/h3,6-7,14,17,24H,2,4-5,8-10H2,1H3,(H5,25,26,28,32,34,35,36,37)/p+1/t14?,17-,22?/m1/s1. The molecule has 18 heteroatoms. The number of amides is 2. The molecule has 2 amide bonds. The number of hydrogen-bond acceptors (Lipinski definition) is 13. The summed E-state index contributed by atoms with van der Waals surface area (Å²) in [6.07, 6.45) is 2.85. The summed E-state index contributed by atoms with van der Waals surface area (Å²) in [6, 6.07) is 0.688. The molecule has 3 atom stereocenters. The lowest BCUT2D eigenvalue weighted by Crippen LogP contribution is -2.74. The number of nitrogens with one attached hydrogen (secondary N) is 1. The van der Waals surface area contributed by atoms with Crippen molar-refractivity contribution < 1.29 is 38.8 Å². The number of oxime groups is 1. The van der Waals surface area contributed by atoms with Gasteiger partial charge < -0.3 is 36.7 Å². The first-order valence-corrected chi connectivity index (χ1v) is 15.3. The lowest BCUT2D eigenvalue weighted by Gasteiger charge is -2.53. The van der Waals surface area contributed by atoms with Gasteiger partial charge in [-0.1, -0.05) is 5.16 Å². The van der Waals surface area contributed by atoms with Gasteiger partial charge >= 0.3 is 17.1 Å². The molecule has 7 N–H and O–H groups in total. The van der Waals surface area contributed by atoms with Crippen LogP contribution in [0, 0.1) is 5.41 Å². The molecule has 0 aromatic carbocycles. The van der Waals surface area contributed by atoms with E-state index in [0.29, 0.717) is 17.4 Å². The van der Waals surface area contributed by atoms with Crippen molar-refractivity contribution >= 4 is 75.3 Å². The first-order chi connectivity index (χ1) is 19.4. The fourth-order valence-electron chi connectivity index (χ4n) is 4.51. The largest absolute Gasteiger partial charge is 0.481 e. The highest BCUT2D eigenvalue weighted by atomic mass is 32.2. The molecule has 2 unspecified atom stereocenters. The van der Waals surface area contributed by atoms with Crippen LogP contribution in [-0.2, 0) is 31.1 Å². The summed E-state index contributed by atoms with van der Waals surface area (Å²) in [7, 11) is 1.77. The van der Waals surface area contributed by atoms with Crippen molar-refractivity contribution in [3.63, 3.8) is 0 Å². The van der Waals surface area contributed by atoms with Gasteiger partial charge in [-0.25, -0.2) is 14.3 Å². The third-order valence-electron chi connectivity index (χ3n) is 7.20. The monoisotopic (exact) mass is 623 g/mol. The maximum Gasteiger partial charge on any atom is 0.361 e. The number of rotatable bonds is 10. The number of carboxylic acid groups (broad SMARTS) is 2. The van der Waals surface area contributed by atoms with Gasteiger partial charge in [-0.2, -0.15) is 0 Å². The summed E-state index contributed by atoms with van der Waals surface area (Å²) in [5.41, 5.74) is 8.50. The number of aromatic nitrogens is 3. The molecule has 3 fully saturated rings. The van der Waals surface area contributed by atoms with Crippen LogP contribution in [0.3, 0.4) is 0 Å². The van der Waals surface area contributed by atoms with E-state index < -0.39 is 46.2 Å². The zero-order valence-electron chi connectivity index (χ0n) is 21.7. The highest BCUT2D eigenvalue weighted by Crippen LogP contribution is 2.44. The molecule has 0 radical (unpaired) electrons. The van der Waals surface area contributed by atoms with Crippen LogP contribution in [0.4, 0.5) is 10.9 Å². The molecule has 3 aliphatic rings. The molecule has 1 saturated carbocycles. The second-order valence-electron chi connectivity index (χ2n) is 9.99. The number of carbonyl (C=O) groups is 4. The van der Waals surface area contributed by atoms with Crippen LogP contribution in [0.25, 0.3) is 0 Å². The first kappa shape index (κ1) is 28.9. The minimum atomic E-state index is -1.52. The first-order valence-electron chi connectivity index (χ1n) is 12.4. The van der Waals surface area contributed by atoms with Gasteiger partial charge in [-0.15, -0.1) is 23.1 Å². The smallest absolute Gasteiger partial charge is 0.361 e. The van der Waals surface area contributed by atoms with E-state index in [-0.39, 0.29) is 47.4 Å². The fourth-order valence-corrected chi connectivity index (χ4v) is 7.88. The normalized spacial score (nSPS) is 25.0. The number of anilines is 2. The van der Waals surface area contributed by atoms with Crippen LogP contribution in [0.2, 0.25) is 0 Å². The predicted octanol–water partition coefficient (Wildman–Crippen LogP) is -0.482. The van der Waals surface area contributed by atoms with Crippen molar-refractivity contribution in [1.29, 1.82) is 0 Å². The molecule has 4 heterocycles. The summed E-state index contributed by atoms with van der Waals surface area (Å²) >= 11 is 3.55. The zero-order valence-corrected chi connectivity index (χ0v) is 24.1. The third kappa shape index (κ3) is 5.38. The number of thioether (sulfide) groups is 2. The quantitative estimate of drug-likeness (QED) is 0.0563. The maximum atomic E-state index is 13.3. The Morgan fingerprint density at radius 3 is 2.66 bits per heavy atom. The number of carbonyl (C=O) groups excluding carboxylic acids is 2. The van der Waals surface area contributed by atoms with Crippen molar-refractivity contribution in [1.82, 2.24) is 20.2 Å². The van der Waals surface area contributed by atoms with Crippen LogP contribution >= 0.6 is 34.9 Å². The summed E-state index contributed by atoms with van der Waals surface area (Å²) in [6.45, 7) is -0.0436. The molecule has 0 spiro atoms. The molecular weight excluding hydrogens is 597 g/mol. The van der Waals surface area contributed by atoms with E-state index in [1.165, 1.54) is 33.8 Å². The van der Waals surface area contributed by atoms with Crippen molar-refractivity contribution in [2.24, 2.45) is 17.6 Å². The average Bonchev–Trinajstić information content (AvgIpc) is 3.34. The van der Waals surface area contributed by atoms with E-state index in [2.05, 4.69) is 20.4 Å². The molecule has 2 aliphatic heterocycles. The van der Waals surface area contributed by atoms with E-state index in [9.17, 15) is 29.4 Å². The maximum absolute atomic E-state index is 13.3. The van der Waals surface area contributed by atoms with Gasteiger partial charge in [-0.3, -0.25) is 14.4 Å². The van der Waals surface area contributed by atoms with Crippen LogP contribution in [0.5, 0.6) is 0 Å². The third-order valence-corrected chi connectivity index (χ3v) is 10.8. The van der Waals surface area contributed by atoms with Gasteiger partial charge in [0.2, 0.25) is 17.3 Å². The van der Waals surface area contributed by atoms with Crippen molar-refractivity contribution in [3.8, 4) is 0 Å². The molecule has 5 rings (SSSR count). The lowest BCUT2D eigenvalue weighted by atomic mass is 9.80. The number of aliphatic carboxylic acids is 2. The molecule has 2 aromatic heterocycles. The topological polar surface area (TPSA) is 227 Å². The highest BCUT2D eigenvalue weighted by Gasteiger charge is 2.58. The number of nitrogens with two attached hydrogens (primary N) is 2. The number of thiazole rings is 1. The van der Waals surface area contributed by atoms with Gasteiger partial charge in [0, 0.05) is 42.3 Å². The predicted molar refractivity (Wildman–Crippen MR) is 149 cm³/mol. The van der Waals surface area contributed by atoms with Crippen molar-refractivity contribution in [3.05, 3.63) is 23.3 Å². The Bertz CT molecular complexity index is 1450. The molecule has 1 aliphatic carbocycles. The fraction of sp³-hybridized carbons (Fsp3) is 0.478. The number of fused-ring (bicyclic) bond motifs is 1. The van der Waals surface area contributed by atoms with Crippen LogP contribution in [0.1, 0.15) is 25.0 Å². The second kappa shape index (κ2) is 11.0. The summed E-state index contributed by atoms with van der Waals surface area (Å²) < 4.78 is 1.73. The molecule has 2 saturated heterocycles. The van der Waals surface area contributed by atoms with E-state index in [1.807, 2.05) is 0 Å². The lowest BCUT2D eigenvalue weighted by molar-refractivity contribution is -0.713. The Hall–Kier alpha value is -3.64. The number of nitrogen functional groups attached to an aromatic ring is 2. The Labute approximate surface area is 245 Å². The number of β-lactam (4-membered cyclic amide) rings is 1. The van der Waals surface area contributed by atoms with E-state index in [4.69, 9.17) is 16.3 Å². The highest BCUT2D eigenvalue weighted by molar-refractivity contribution is 8.00. The Kier molecular flexibility index (Phi) is 7.73. The van der Waals surface area contributed by atoms with Gasteiger partial charge in [0.05, 0.1) is 13.2 Å². The van der Waals surface area contributed by atoms with Gasteiger partial charge in [0.25, 0.3) is 5.91 Å². The van der Waals surface area contributed by atoms with Crippen molar-refractivity contribution in [2.45, 2.75) is 41.4 Å². The van der Waals surface area contributed by atoms with E-state index in [1.54, 1.807) is 23.9 Å². The van der Waals surface area contributed by atoms with Gasteiger partial charge in [0.15, 0.2) is 10.8 Å². The Balaban J connectivity index is 1.28. The zero-order chi connectivity index (χ0) is 29.5. The number of nitrogens with zero attached hydrogens (tertiary/aromatic N) is 5. The SMILES string of the molecule is C[n+]1ccc(N)nc1SCC1(C(=O)O)CS[C@@H]2C(NC(=O)C(=NOC3(C(=O)O)CCC3)c3csc(N)n3)C(=O)N2C1. The number of carboxylic acids is 2. The second-order valence-corrected chi connectivity index (χ2v) is 12.9. The Morgan fingerprint density at radius 2 is 2.05 bits per heavy atom. The molecule has 41 heavy (non-hydrogen) atoms. The van der Waals surface area contributed by atoms with Gasteiger partial charge in [0.1, 0.15) is 22.5 Å². The van der Waals surface area contributed by atoms with Crippen molar-refractivity contribution in [2.75, 3.05) is 29.5 Å². The molecule has 218 valence electrons. The van der Waals surface area contributed by atoms with E-state index in [0.717, 1.165) is 11.3 Å². The number of aryl methyl sites for hydroxylation is 1. The summed E-state index contributed by atoms with van der Waals surface area (Å²) in [5, 5.41) is 27.9. The van der Waals surface area contributed by atoms with Crippen LogP contribution < -0.4 is 21.4 Å². The minimum Gasteiger partial charge on any atom is -0.481 e. The molecule has 2 aromatic rings. The van der Waals surface area contributed by atoms with Crippen LogP contribution in [-0.4, -0.2) is 89.6 Å². The van der Waals surface area contributed by atoms with Gasteiger partial charge in [-0.05, 0) is 23.2 Å². The molecule has 15 nitrogen and oxygen atoms in total. The Morgan fingerprint density at radius 1 is 1.29 bits per heavy atom. The van der Waals surface area contributed by atoms with E-state index >= 15 is 0 Å². The summed E-state index contributed by atoms with van der Waals surface area (Å²) in [4.78, 5) is 65.6. The number of hydrogen-bond donors (Lipinski definition) is 5. The molecular formula is C23H27N8O7S3+. The summed E-state index contributed by atoms with van der Waals surface area (Å²) in [5.74, 6) is -2.82. The average molecular weight is 624 g/mol. The van der Waals surface area contributed by atoms with Crippen LogP contribution in [0.15, 0.2) is 28.0 Å². The molecule has 0 bridgehead atoms. The minimum absolute atomic E-state index is 0.0436.